The third-order valence-electron chi connectivity index (χ3n) is 1.09. The Bertz CT molecular complexity index is 116. The third kappa shape index (κ3) is 1.39. The number of hydrogen-bond donors (Lipinski definition) is 1. The van der Waals surface area contributed by atoms with E-state index in [1.165, 1.54) is 0 Å². The number of nitrogens with zero attached hydrogens (tertiary/aromatic N) is 1. The first-order chi connectivity index (χ1) is 3.84. The molecule has 1 fully saturated rings. The molecule has 1 aliphatic rings. The highest BCUT2D eigenvalue weighted by Crippen LogP contribution is 2.33. The normalized spacial score (nSPS) is 28.8. The van der Waals surface area contributed by atoms with Crippen LogP contribution in [0.1, 0.15) is 6.42 Å². The molecule has 0 saturated carbocycles. The van der Waals surface area contributed by atoms with Gasteiger partial charge in [-0.1, -0.05) is 0 Å². The lowest BCUT2D eigenvalue weighted by Gasteiger charge is -1.97. The molecule has 0 aliphatic carbocycles. The Morgan fingerprint density at radius 3 is 3.00 bits per heavy atom. The molecular formula is C5H7NOS. The zero-order valence-corrected chi connectivity index (χ0v) is 5.19. The van der Waals surface area contributed by atoms with E-state index in [-0.39, 0.29) is 12.5 Å². The maximum absolute atomic E-state index is 8.95. The summed E-state index contributed by atoms with van der Waals surface area (Å²) in [6.45, 7) is 0. The van der Waals surface area contributed by atoms with Crippen LogP contribution in [0.4, 0.5) is 0 Å². The number of aliphatic hydroxyl groups excluding tert-OH is 1. The average molecular weight is 129 g/mol. The summed E-state index contributed by atoms with van der Waals surface area (Å²) in [5.41, 5.74) is 0. The van der Waals surface area contributed by atoms with Crippen molar-refractivity contribution >= 4 is 11.8 Å². The van der Waals surface area contributed by atoms with Gasteiger partial charge in [0.05, 0.1) is 18.6 Å². The number of thioether (sulfide) groups is 1. The largest absolute Gasteiger partial charge is 0.391 e. The van der Waals surface area contributed by atoms with Gasteiger partial charge in [0, 0.05) is 11.0 Å². The van der Waals surface area contributed by atoms with E-state index >= 15 is 0 Å². The fourth-order valence-electron chi connectivity index (χ4n) is 0.503. The van der Waals surface area contributed by atoms with Crippen LogP contribution in [0, 0.1) is 11.3 Å². The highest BCUT2D eigenvalue weighted by Gasteiger charge is 2.30. The molecule has 3 heteroatoms. The molecule has 0 aromatic carbocycles. The van der Waals surface area contributed by atoms with Gasteiger partial charge in [-0.25, -0.2) is 0 Å². The third-order valence-corrected chi connectivity index (χ3v) is 2.12. The zero-order chi connectivity index (χ0) is 5.98. The van der Waals surface area contributed by atoms with Crippen LogP contribution < -0.4 is 0 Å². The van der Waals surface area contributed by atoms with Gasteiger partial charge < -0.3 is 5.11 Å². The second kappa shape index (κ2) is 2.38. The summed E-state index contributed by atoms with van der Waals surface area (Å²) >= 11 is 1.72. The van der Waals surface area contributed by atoms with Crippen molar-refractivity contribution in [2.75, 3.05) is 5.75 Å². The summed E-state index contributed by atoms with van der Waals surface area (Å²) < 4.78 is 0. The first-order valence-corrected chi connectivity index (χ1v) is 3.56. The van der Waals surface area contributed by atoms with Crippen LogP contribution >= 0.6 is 11.8 Å². The lowest BCUT2D eigenvalue weighted by atomic mass is 10.2. The molecule has 0 radical (unpaired) electrons. The predicted octanol–water partition coefficient (Wildman–Crippen LogP) is 0.376. The van der Waals surface area contributed by atoms with Gasteiger partial charge in [0.1, 0.15) is 0 Å². The Hall–Kier alpha value is -0.200. The molecule has 1 saturated heterocycles. The number of hydrogen-bond acceptors (Lipinski definition) is 3. The van der Waals surface area contributed by atoms with E-state index in [9.17, 15) is 0 Å². The molecule has 8 heavy (non-hydrogen) atoms. The molecule has 1 N–H and O–H groups in total. The second-order valence-corrected chi connectivity index (χ2v) is 3.07. The van der Waals surface area contributed by atoms with Gasteiger partial charge >= 0.3 is 0 Å². The molecule has 2 atom stereocenters. The van der Waals surface area contributed by atoms with Crippen LogP contribution in [0.15, 0.2) is 0 Å². The summed E-state index contributed by atoms with van der Waals surface area (Å²) in [5, 5.41) is 17.4. The van der Waals surface area contributed by atoms with E-state index < -0.39 is 0 Å². The second-order valence-electron chi connectivity index (χ2n) is 1.80. The van der Waals surface area contributed by atoms with Crippen molar-refractivity contribution in [1.82, 2.24) is 0 Å². The summed E-state index contributed by atoms with van der Waals surface area (Å²) in [6.07, 6.45) is -0.0810. The maximum atomic E-state index is 8.95. The standard InChI is InChI=1S/C5H7NOS/c6-2-1-4(7)5-3-8-5/h4-5,7H,1,3H2/t4-,5-/m0/s1. The summed E-state index contributed by atoms with van der Waals surface area (Å²) in [4.78, 5) is 0. The van der Waals surface area contributed by atoms with Gasteiger partial charge in [0.2, 0.25) is 0 Å². The van der Waals surface area contributed by atoms with Crippen molar-refractivity contribution in [3.05, 3.63) is 0 Å². The Balaban J connectivity index is 2.15. The van der Waals surface area contributed by atoms with E-state index in [0.717, 1.165) is 5.75 Å². The van der Waals surface area contributed by atoms with Crippen LogP contribution in [-0.4, -0.2) is 22.2 Å². The number of nitriles is 1. The Kier molecular flexibility index (Phi) is 1.77. The lowest BCUT2D eigenvalue weighted by Crippen LogP contribution is -2.11. The summed E-state index contributed by atoms with van der Waals surface area (Å²) in [7, 11) is 0. The van der Waals surface area contributed by atoms with Crippen molar-refractivity contribution in [3.8, 4) is 6.07 Å². The molecule has 44 valence electrons. The van der Waals surface area contributed by atoms with Gasteiger partial charge in [-0.2, -0.15) is 17.0 Å². The van der Waals surface area contributed by atoms with Crippen LogP contribution in [0.25, 0.3) is 0 Å². The van der Waals surface area contributed by atoms with Gasteiger partial charge in [-0.3, -0.25) is 0 Å². The first-order valence-electron chi connectivity index (χ1n) is 2.51. The fraction of sp³-hybridized carbons (Fsp3) is 0.800. The molecule has 1 aliphatic heterocycles. The zero-order valence-electron chi connectivity index (χ0n) is 4.37. The van der Waals surface area contributed by atoms with Gasteiger partial charge in [0.25, 0.3) is 0 Å². The summed E-state index contributed by atoms with van der Waals surface area (Å²) in [6, 6.07) is 1.93. The van der Waals surface area contributed by atoms with Crippen molar-refractivity contribution in [2.24, 2.45) is 0 Å². The van der Waals surface area contributed by atoms with E-state index in [4.69, 9.17) is 10.4 Å². The predicted molar refractivity (Wildman–Crippen MR) is 32.5 cm³/mol. The van der Waals surface area contributed by atoms with Crippen LogP contribution in [0.5, 0.6) is 0 Å². The highest BCUT2D eigenvalue weighted by atomic mass is 32.2. The van der Waals surface area contributed by atoms with Crippen molar-refractivity contribution in [1.29, 1.82) is 5.26 Å². The minimum absolute atomic E-state index is 0.289. The van der Waals surface area contributed by atoms with Crippen molar-refractivity contribution < 1.29 is 5.11 Å². The molecule has 2 nitrogen and oxygen atoms in total. The Morgan fingerprint density at radius 1 is 2.00 bits per heavy atom. The van der Waals surface area contributed by atoms with Gasteiger partial charge in [0.15, 0.2) is 0 Å². The van der Waals surface area contributed by atoms with Crippen LogP contribution in [-0.2, 0) is 0 Å². The van der Waals surface area contributed by atoms with Gasteiger partial charge in [-0.15, -0.1) is 0 Å². The highest BCUT2D eigenvalue weighted by molar-refractivity contribution is 8.06. The minimum atomic E-state index is -0.370. The minimum Gasteiger partial charge on any atom is -0.391 e. The first kappa shape index (κ1) is 5.93. The van der Waals surface area contributed by atoms with Crippen molar-refractivity contribution in [3.63, 3.8) is 0 Å². The summed E-state index contributed by atoms with van der Waals surface area (Å²) in [5.74, 6) is 1.03. The quantitative estimate of drug-likeness (QED) is 0.548. The maximum Gasteiger partial charge on any atom is 0.0796 e. The lowest BCUT2D eigenvalue weighted by molar-refractivity contribution is 0.189. The van der Waals surface area contributed by atoms with E-state index in [1.54, 1.807) is 11.8 Å². The molecule has 1 heterocycles. The smallest absolute Gasteiger partial charge is 0.0796 e. The molecule has 1 rings (SSSR count). The van der Waals surface area contributed by atoms with E-state index in [2.05, 4.69) is 0 Å². The molecule has 0 unspecified atom stereocenters. The fourth-order valence-corrected chi connectivity index (χ4v) is 1.15. The van der Waals surface area contributed by atoms with E-state index in [1.807, 2.05) is 6.07 Å². The number of aliphatic hydroxyl groups is 1. The van der Waals surface area contributed by atoms with Crippen LogP contribution in [0.3, 0.4) is 0 Å². The monoisotopic (exact) mass is 129 g/mol. The Morgan fingerprint density at radius 2 is 2.62 bits per heavy atom. The molecule has 0 aromatic heterocycles. The molecule has 0 bridgehead atoms. The molecular weight excluding hydrogens is 122 g/mol. The van der Waals surface area contributed by atoms with Gasteiger partial charge in [-0.05, 0) is 0 Å². The van der Waals surface area contributed by atoms with E-state index in [0.29, 0.717) is 5.25 Å². The topological polar surface area (TPSA) is 44.0 Å². The van der Waals surface area contributed by atoms with Crippen molar-refractivity contribution in [2.45, 2.75) is 17.8 Å². The van der Waals surface area contributed by atoms with Crippen LogP contribution in [0.2, 0.25) is 0 Å². The molecule has 0 amide bonds. The average Bonchev–Trinajstić information content (AvgIpc) is 2.45. The molecule has 0 spiro atoms. The number of rotatable bonds is 2. The Labute approximate surface area is 52.5 Å². The SMILES string of the molecule is N#CC[C@H](O)[C@@H]1CS1. The molecule has 0 aromatic rings.